The molecule has 0 saturated heterocycles. The van der Waals surface area contributed by atoms with Gasteiger partial charge in [-0.3, -0.25) is 0 Å². The summed E-state index contributed by atoms with van der Waals surface area (Å²) >= 11 is 1.85. The molecule has 0 aliphatic heterocycles. The second kappa shape index (κ2) is 6.07. The lowest BCUT2D eigenvalue weighted by Gasteiger charge is -2.09. The fraction of sp³-hybridized carbons (Fsp3) is 0.250. The van der Waals surface area contributed by atoms with Crippen LogP contribution in [-0.2, 0) is 12.4 Å². The molecule has 0 unspecified atom stereocenters. The molecule has 1 nitrogen and oxygen atoms in total. The quantitative estimate of drug-likeness (QED) is 0.834. The van der Waals surface area contributed by atoms with Crippen molar-refractivity contribution in [2.24, 2.45) is 0 Å². The first-order chi connectivity index (χ1) is 8.70. The maximum Gasteiger partial charge on any atom is 0.0681 e. The largest absolute Gasteiger partial charge is 0.392 e. The predicted molar refractivity (Wildman–Crippen MR) is 77.8 cm³/mol. The van der Waals surface area contributed by atoms with E-state index in [1.807, 2.05) is 17.8 Å². The van der Waals surface area contributed by atoms with Crippen LogP contribution in [0, 0.1) is 13.8 Å². The first-order valence-corrected chi connectivity index (χ1v) is 7.07. The molecule has 0 spiro atoms. The van der Waals surface area contributed by atoms with Gasteiger partial charge in [0.25, 0.3) is 0 Å². The van der Waals surface area contributed by atoms with Gasteiger partial charge in [0.15, 0.2) is 0 Å². The van der Waals surface area contributed by atoms with Crippen LogP contribution in [0.15, 0.2) is 47.4 Å². The second-order valence-electron chi connectivity index (χ2n) is 4.47. The highest BCUT2D eigenvalue weighted by Gasteiger charge is 2.03. The molecular weight excluding hydrogens is 240 g/mol. The highest BCUT2D eigenvalue weighted by molar-refractivity contribution is 7.98. The Hall–Kier alpha value is -1.25. The molecule has 0 amide bonds. The van der Waals surface area contributed by atoms with Gasteiger partial charge in [0.2, 0.25) is 0 Å². The number of benzene rings is 2. The number of thioether (sulfide) groups is 1. The predicted octanol–water partition coefficient (Wildman–Crippen LogP) is 4.09. The van der Waals surface area contributed by atoms with Gasteiger partial charge in [-0.2, -0.15) is 0 Å². The van der Waals surface area contributed by atoms with Crippen LogP contribution in [0.3, 0.4) is 0 Å². The minimum Gasteiger partial charge on any atom is -0.392 e. The Bertz CT molecular complexity index is 534. The van der Waals surface area contributed by atoms with Gasteiger partial charge < -0.3 is 5.11 Å². The van der Waals surface area contributed by atoms with E-state index in [0.717, 1.165) is 11.3 Å². The van der Waals surface area contributed by atoms with Crippen LogP contribution < -0.4 is 0 Å². The van der Waals surface area contributed by atoms with Gasteiger partial charge >= 0.3 is 0 Å². The molecule has 2 aromatic carbocycles. The summed E-state index contributed by atoms with van der Waals surface area (Å²) in [4.78, 5) is 1.29. The summed E-state index contributed by atoms with van der Waals surface area (Å²) in [6.45, 7) is 4.36. The molecule has 94 valence electrons. The third-order valence-electron chi connectivity index (χ3n) is 3.07. The van der Waals surface area contributed by atoms with E-state index in [0.29, 0.717) is 0 Å². The van der Waals surface area contributed by atoms with Crippen LogP contribution in [0.5, 0.6) is 0 Å². The lowest BCUT2D eigenvalue weighted by atomic mass is 10.1. The van der Waals surface area contributed by atoms with E-state index in [-0.39, 0.29) is 6.61 Å². The minimum atomic E-state index is 0.115. The first-order valence-electron chi connectivity index (χ1n) is 6.08. The zero-order valence-electron chi connectivity index (χ0n) is 10.8. The van der Waals surface area contributed by atoms with Gasteiger partial charge in [-0.25, -0.2) is 0 Å². The fourth-order valence-electron chi connectivity index (χ4n) is 1.90. The van der Waals surface area contributed by atoms with Crippen molar-refractivity contribution in [2.75, 3.05) is 0 Å². The molecular formula is C16H18OS. The maximum absolute atomic E-state index is 9.09. The number of hydrogen-bond acceptors (Lipinski definition) is 2. The minimum absolute atomic E-state index is 0.115. The molecule has 0 aliphatic rings. The zero-order chi connectivity index (χ0) is 13.0. The third-order valence-corrected chi connectivity index (χ3v) is 4.29. The highest BCUT2D eigenvalue weighted by Crippen LogP contribution is 2.27. The smallest absolute Gasteiger partial charge is 0.0681 e. The van der Waals surface area contributed by atoms with E-state index in [4.69, 9.17) is 5.11 Å². The van der Waals surface area contributed by atoms with Crippen LogP contribution in [0.1, 0.15) is 22.3 Å². The number of rotatable bonds is 4. The van der Waals surface area contributed by atoms with Crippen molar-refractivity contribution in [3.63, 3.8) is 0 Å². The van der Waals surface area contributed by atoms with Gasteiger partial charge in [0.05, 0.1) is 6.61 Å². The molecule has 0 aliphatic carbocycles. The van der Waals surface area contributed by atoms with Crippen molar-refractivity contribution < 1.29 is 5.11 Å². The number of aliphatic hydroxyl groups excluding tert-OH is 1. The molecule has 0 aromatic heterocycles. The summed E-state index contributed by atoms with van der Waals surface area (Å²) in [7, 11) is 0. The average molecular weight is 258 g/mol. The highest BCUT2D eigenvalue weighted by atomic mass is 32.2. The number of aryl methyl sites for hydroxylation is 2. The van der Waals surface area contributed by atoms with Gasteiger partial charge in [-0.15, -0.1) is 11.8 Å². The van der Waals surface area contributed by atoms with Crippen molar-refractivity contribution in [3.05, 3.63) is 64.7 Å². The monoisotopic (exact) mass is 258 g/mol. The maximum atomic E-state index is 9.09. The number of aliphatic hydroxyl groups is 1. The molecule has 0 saturated carbocycles. The molecule has 0 atom stereocenters. The standard InChI is InChI=1S/C16H18OS/c1-12-5-3-4-6-15(12)11-18-16-8-7-14(10-17)9-13(16)2/h3-9,17H,10-11H2,1-2H3. The Balaban J connectivity index is 2.09. The van der Waals surface area contributed by atoms with E-state index in [2.05, 4.69) is 50.2 Å². The Morgan fingerprint density at radius 2 is 1.78 bits per heavy atom. The fourth-order valence-corrected chi connectivity index (χ4v) is 2.99. The summed E-state index contributed by atoms with van der Waals surface area (Å²) in [5, 5.41) is 9.09. The molecule has 0 bridgehead atoms. The summed E-state index contributed by atoms with van der Waals surface area (Å²) in [6.07, 6.45) is 0. The Morgan fingerprint density at radius 1 is 1.00 bits per heavy atom. The first kappa shape index (κ1) is 13.2. The van der Waals surface area contributed by atoms with Crippen molar-refractivity contribution in [3.8, 4) is 0 Å². The van der Waals surface area contributed by atoms with Crippen molar-refractivity contribution >= 4 is 11.8 Å². The van der Waals surface area contributed by atoms with Crippen LogP contribution >= 0.6 is 11.8 Å². The van der Waals surface area contributed by atoms with E-state index >= 15 is 0 Å². The van der Waals surface area contributed by atoms with Crippen LogP contribution in [0.25, 0.3) is 0 Å². The Kier molecular flexibility index (Phi) is 4.45. The summed E-state index contributed by atoms with van der Waals surface area (Å²) in [5.41, 5.74) is 4.94. The molecule has 0 radical (unpaired) electrons. The lowest BCUT2D eigenvalue weighted by molar-refractivity contribution is 0.281. The third kappa shape index (κ3) is 3.15. The topological polar surface area (TPSA) is 20.2 Å². The molecule has 2 rings (SSSR count). The summed E-state index contributed by atoms with van der Waals surface area (Å²) in [6, 6.07) is 14.6. The molecule has 0 heterocycles. The number of hydrogen-bond donors (Lipinski definition) is 1. The van der Waals surface area contributed by atoms with E-state index in [9.17, 15) is 0 Å². The van der Waals surface area contributed by atoms with Crippen molar-refractivity contribution in [1.29, 1.82) is 0 Å². The van der Waals surface area contributed by atoms with E-state index < -0.39 is 0 Å². The van der Waals surface area contributed by atoms with Crippen LogP contribution in [0.4, 0.5) is 0 Å². The SMILES string of the molecule is Cc1ccccc1CSc1ccc(CO)cc1C. The second-order valence-corrected chi connectivity index (χ2v) is 5.49. The van der Waals surface area contributed by atoms with Gasteiger partial charge in [0, 0.05) is 10.6 Å². The molecule has 18 heavy (non-hydrogen) atoms. The van der Waals surface area contributed by atoms with E-state index in [1.165, 1.54) is 21.6 Å². The van der Waals surface area contributed by atoms with Gasteiger partial charge in [-0.1, -0.05) is 36.4 Å². The molecule has 1 N–H and O–H groups in total. The summed E-state index contributed by atoms with van der Waals surface area (Å²) in [5.74, 6) is 0.992. The normalized spacial score (nSPS) is 10.6. The zero-order valence-corrected chi connectivity index (χ0v) is 11.6. The van der Waals surface area contributed by atoms with Crippen LogP contribution in [-0.4, -0.2) is 5.11 Å². The average Bonchev–Trinajstić information content (AvgIpc) is 2.39. The van der Waals surface area contributed by atoms with Crippen molar-refractivity contribution in [2.45, 2.75) is 31.1 Å². The van der Waals surface area contributed by atoms with E-state index in [1.54, 1.807) is 0 Å². The van der Waals surface area contributed by atoms with Gasteiger partial charge in [0.1, 0.15) is 0 Å². The molecule has 2 heteroatoms. The lowest BCUT2D eigenvalue weighted by Crippen LogP contribution is -1.89. The van der Waals surface area contributed by atoms with Crippen LogP contribution in [0.2, 0.25) is 0 Å². The summed E-state index contributed by atoms with van der Waals surface area (Å²) < 4.78 is 0. The Labute approximate surface area is 113 Å². The Morgan fingerprint density at radius 3 is 2.44 bits per heavy atom. The van der Waals surface area contributed by atoms with Gasteiger partial charge in [-0.05, 0) is 42.2 Å². The van der Waals surface area contributed by atoms with Crippen molar-refractivity contribution in [1.82, 2.24) is 0 Å². The molecule has 2 aromatic rings. The molecule has 0 fully saturated rings.